The first-order valence-corrected chi connectivity index (χ1v) is 6.34. The molecule has 0 radical (unpaired) electrons. The molecule has 2 rings (SSSR count). The van der Waals surface area contributed by atoms with Crippen LogP contribution in [0.5, 0.6) is 11.5 Å². The van der Waals surface area contributed by atoms with Crippen molar-refractivity contribution < 1.29 is 17.9 Å². The Bertz CT molecular complexity index is 599. The van der Waals surface area contributed by atoms with Gasteiger partial charge in [0, 0.05) is 9.26 Å². The normalized spacial score (nSPS) is 11.4. The minimum Gasteiger partial charge on any atom is -0.457 e. The SMILES string of the molecule is Nc1ccc(Oc2cccc(I)c2)cc1C(F)(F)F. The van der Waals surface area contributed by atoms with Crippen LogP contribution in [-0.4, -0.2) is 0 Å². The lowest BCUT2D eigenvalue weighted by molar-refractivity contribution is -0.137. The molecule has 19 heavy (non-hydrogen) atoms. The summed E-state index contributed by atoms with van der Waals surface area (Å²) >= 11 is 2.09. The van der Waals surface area contributed by atoms with Crippen LogP contribution in [0.1, 0.15) is 5.56 Å². The molecule has 100 valence electrons. The van der Waals surface area contributed by atoms with E-state index in [0.717, 1.165) is 9.64 Å². The Labute approximate surface area is 121 Å². The van der Waals surface area contributed by atoms with Gasteiger partial charge in [-0.05, 0) is 59.0 Å². The van der Waals surface area contributed by atoms with Crippen LogP contribution < -0.4 is 10.5 Å². The zero-order valence-electron chi connectivity index (χ0n) is 9.54. The summed E-state index contributed by atoms with van der Waals surface area (Å²) in [4.78, 5) is 0. The molecule has 0 saturated heterocycles. The molecule has 2 aromatic rings. The van der Waals surface area contributed by atoms with Crippen LogP contribution in [0.4, 0.5) is 18.9 Å². The molecule has 0 bridgehead atoms. The van der Waals surface area contributed by atoms with E-state index in [9.17, 15) is 13.2 Å². The second-order valence-corrected chi connectivity index (χ2v) is 5.05. The number of hydrogen-bond acceptors (Lipinski definition) is 2. The summed E-state index contributed by atoms with van der Waals surface area (Å²) in [5.74, 6) is 0.577. The van der Waals surface area contributed by atoms with Crippen molar-refractivity contribution >= 4 is 28.3 Å². The van der Waals surface area contributed by atoms with Crippen molar-refractivity contribution in [3.63, 3.8) is 0 Å². The maximum atomic E-state index is 12.7. The summed E-state index contributed by atoms with van der Waals surface area (Å²) in [6, 6.07) is 10.5. The van der Waals surface area contributed by atoms with E-state index in [0.29, 0.717) is 5.75 Å². The molecule has 0 aliphatic carbocycles. The number of hydrogen-bond donors (Lipinski definition) is 1. The third-order valence-corrected chi connectivity index (χ3v) is 3.03. The van der Waals surface area contributed by atoms with Crippen molar-refractivity contribution in [3.05, 3.63) is 51.6 Å². The van der Waals surface area contributed by atoms with Gasteiger partial charge in [0.2, 0.25) is 0 Å². The fourth-order valence-corrected chi connectivity index (χ4v) is 2.03. The predicted octanol–water partition coefficient (Wildman–Crippen LogP) is 4.68. The highest BCUT2D eigenvalue weighted by atomic mass is 127. The molecule has 2 nitrogen and oxygen atoms in total. The molecule has 0 unspecified atom stereocenters. The number of nitrogen functional groups attached to an aromatic ring is 1. The molecule has 0 heterocycles. The Balaban J connectivity index is 2.32. The molecule has 0 saturated carbocycles. The largest absolute Gasteiger partial charge is 0.457 e. The quantitative estimate of drug-likeness (QED) is 0.607. The lowest BCUT2D eigenvalue weighted by Gasteiger charge is -2.12. The third-order valence-electron chi connectivity index (χ3n) is 2.36. The van der Waals surface area contributed by atoms with E-state index in [2.05, 4.69) is 22.6 Å². The first kappa shape index (κ1) is 14.0. The van der Waals surface area contributed by atoms with Crippen LogP contribution in [-0.2, 0) is 6.18 Å². The van der Waals surface area contributed by atoms with E-state index in [1.54, 1.807) is 18.2 Å². The van der Waals surface area contributed by atoms with E-state index >= 15 is 0 Å². The van der Waals surface area contributed by atoms with Gasteiger partial charge in [-0.15, -0.1) is 0 Å². The monoisotopic (exact) mass is 379 g/mol. The van der Waals surface area contributed by atoms with Gasteiger partial charge in [-0.2, -0.15) is 13.2 Å². The van der Waals surface area contributed by atoms with Crippen LogP contribution in [0, 0.1) is 3.57 Å². The Morgan fingerprint density at radius 2 is 1.68 bits per heavy atom. The van der Waals surface area contributed by atoms with Gasteiger partial charge in [0.25, 0.3) is 0 Å². The summed E-state index contributed by atoms with van der Waals surface area (Å²) < 4.78 is 44.4. The Morgan fingerprint density at radius 3 is 2.32 bits per heavy atom. The third kappa shape index (κ3) is 3.52. The molecule has 0 amide bonds. The van der Waals surface area contributed by atoms with Gasteiger partial charge in [-0.25, -0.2) is 0 Å². The van der Waals surface area contributed by atoms with E-state index in [1.807, 2.05) is 6.07 Å². The standard InChI is InChI=1S/C13H9F3INO/c14-13(15,16)11-7-10(4-5-12(11)18)19-9-3-1-2-8(17)6-9/h1-7H,18H2. The molecule has 2 aromatic carbocycles. The van der Waals surface area contributed by atoms with E-state index in [1.165, 1.54) is 12.1 Å². The van der Waals surface area contributed by atoms with Gasteiger partial charge >= 0.3 is 6.18 Å². The summed E-state index contributed by atoms with van der Waals surface area (Å²) in [6.45, 7) is 0. The fraction of sp³-hybridized carbons (Fsp3) is 0.0769. The Kier molecular flexibility index (Phi) is 3.88. The van der Waals surface area contributed by atoms with E-state index in [4.69, 9.17) is 10.5 Å². The Morgan fingerprint density at radius 1 is 1.00 bits per heavy atom. The molecule has 0 spiro atoms. The van der Waals surface area contributed by atoms with Crippen molar-refractivity contribution in [1.29, 1.82) is 0 Å². The minimum absolute atomic E-state index is 0.100. The lowest BCUT2D eigenvalue weighted by atomic mass is 10.1. The maximum absolute atomic E-state index is 12.7. The highest BCUT2D eigenvalue weighted by Crippen LogP contribution is 2.36. The second-order valence-electron chi connectivity index (χ2n) is 3.81. The summed E-state index contributed by atoms with van der Waals surface area (Å²) in [5.41, 5.74) is 4.11. The van der Waals surface area contributed by atoms with Crippen LogP contribution in [0.25, 0.3) is 0 Å². The van der Waals surface area contributed by atoms with Crippen LogP contribution >= 0.6 is 22.6 Å². The molecular formula is C13H9F3INO. The predicted molar refractivity (Wildman–Crippen MR) is 75.1 cm³/mol. The number of alkyl halides is 3. The number of nitrogens with two attached hydrogens (primary N) is 1. The maximum Gasteiger partial charge on any atom is 0.418 e. The topological polar surface area (TPSA) is 35.2 Å². The molecule has 0 aliphatic rings. The fourth-order valence-electron chi connectivity index (χ4n) is 1.51. The van der Waals surface area contributed by atoms with Crippen LogP contribution in [0.15, 0.2) is 42.5 Å². The van der Waals surface area contributed by atoms with Gasteiger partial charge in [-0.3, -0.25) is 0 Å². The van der Waals surface area contributed by atoms with Crippen LogP contribution in [0.2, 0.25) is 0 Å². The van der Waals surface area contributed by atoms with Gasteiger partial charge < -0.3 is 10.5 Å². The molecular weight excluding hydrogens is 370 g/mol. The first-order valence-electron chi connectivity index (χ1n) is 5.26. The summed E-state index contributed by atoms with van der Waals surface area (Å²) in [7, 11) is 0. The number of rotatable bonds is 2. The average molecular weight is 379 g/mol. The number of anilines is 1. The molecule has 2 N–H and O–H groups in total. The van der Waals surface area contributed by atoms with Crippen molar-refractivity contribution in [2.75, 3.05) is 5.73 Å². The van der Waals surface area contributed by atoms with Crippen LogP contribution in [0.3, 0.4) is 0 Å². The second kappa shape index (κ2) is 5.28. The summed E-state index contributed by atoms with van der Waals surface area (Å²) in [6.07, 6.45) is -4.49. The van der Waals surface area contributed by atoms with E-state index in [-0.39, 0.29) is 11.4 Å². The zero-order valence-corrected chi connectivity index (χ0v) is 11.7. The van der Waals surface area contributed by atoms with Crippen molar-refractivity contribution in [3.8, 4) is 11.5 Å². The summed E-state index contributed by atoms with van der Waals surface area (Å²) in [5, 5.41) is 0. The van der Waals surface area contributed by atoms with Gasteiger partial charge in [-0.1, -0.05) is 6.07 Å². The zero-order chi connectivity index (χ0) is 14.0. The number of benzene rings is 2. The molecule has 0 fully saturated rings. The van der Waals surface area contributed by atoms with Gasteiger partial charge in [0.1, 0.15) is 11.5 Å². The molecule has 0 aromatic heterocycles. The average Bonchev–Trinajstić information content (AvgIpc) is 2.30. The molecule has 0 atom stereocenters. The van der Waals surface area contributed by atoms with Crippen molar-refractivity contribution in [2.24, 2.45) is 0 Å². The van der Waals surface area contributed by atoms with Crippen molar-refractivity contribution in [1.82, 2.24) is 0 Å². The first-order chi connectivity index (χ1) is 8.86. The van der Waals surface area contributed by atoms with Gasteiger partial charge in [0.15, 0.2) is 0 Å². The smallest absolute Gasteiger partial charge is 0.418 e. The molecule has 0 aliphatic heterocycles. The minimum atomic E-state index is -4.49. The van der Waals surface area contributed by atoms with Crippen molar-refractivity contribution in [2.45, 2.75) is 6.18 Å². The number of halogens is 4. The van der Waals surface area contributed by atoms with E-state index < -0.39 is 11.7 Å². The number of ether oxygens (including phenoxy) is 1. The highest BCUT2D eigenvalue weighted by molar-refractivity contribution is 14.1. The molecule has 6 heteroatoms. The Hall–Kier alpha value is -1.44. The highest BCUT2D eigenvalue weighted by Gasteiger charge is 2.33. The lowest BCUT2D eigenvalue weighted by Crippen LogP contribution is -2.08. The van der Waals surface area contributed by atoms with Gasteiger partial charge in [0.05, 0.1) is 5.56 Å².